The molecular weight excluding hydrogens is 929 g/mol. The molecule has 20 heteroatoms. The van der Waals surface area contributed by atoms with E-state index in [4.69, 9.17) is 9.47 Å². The van der Waals surface area contributed by atoms with E-state index < -0.39 is 138 Å². The van der Waals surface area contributed by atoms with Gasteiger partial charge in [-0.1, -0.05) is 67.0 Å². The van der Waals surface area contributed by atoms with Crippen LogP contribution in [-0.2, 0) is 59.1 Å². The summed E-state index contributed by atoms with van der Waals surface area (Å²) in [6, 6.07) is 0.144. The van der Waals surface area contributed by atoms with Crippen LogP contribution in [-0.4, -0.2) is 169 Å². The van der Waals surface area contributed by atoms with Crippen molar-refractivity contribution in [2.24, 2.45) is 29.1 Å². The Bertz CT molecular complexity index is 2090. The zero-order valence-corrected chi connectivity index (χ0v) is 45.8. The van der Waals surface area contributed by atoms with Gasteiger partial charge in [0, 0.05) is 46.6 Å². The molecule has 20 nitrogen and oxygen atoms in total. The summed E-state index contributed by atoms with van der Waals surface area (Å²) >= 11 is 0. The van der Waals surface area contributed by atoms with E-state index in [1.807, 2.05) is 20.8 Å². The van der Waals surface area contributed by atoms with Crippen LogP contribution in [0.25, 0.3) is 0 Å². The zero-order chi connectivity index (χ0) is 55.1. The maximum atomic E-state index is 14.6. The number of ketones is 1. The Morgan fingerprint density at radius 3 is 1.78 bits per heavy atom. The lowest BCUT2D eigenvalue weighted by atomic mass is 9.82. The van der Waals surface area contributed by atoms with Gasteiger partial charge < -0.3 is 50.3 Å². The molecule has 1 aromatic carbocycles. The summed E-state index contributed by atoms with van der Waals surface area (Å²) in [7, 11) is 7.10. The van der Waals surface area contributed by atoms with Crippen molar-refractivity contribution < 1.29 is 57.4 Å². The number of amides is 8. The first-order valence-electron chi connectivity index (χ1n) is 25.1. The summed E-state index contributed by atoms with van der Waals surface area (Å²) in [6.45, 7) is 18.6. The topological polar surface area (TPSA) is 250 Å². The molecule has 404 valence electrons. The highest BCUT2D eigenvalue weighted by molar-refractivity contribution is 6.09. The van der Waals surface area contributed by atoms with E-state index in [0.717, 1.165) is 4.90 Å². The smallest absolute Gasteiger partial charge is 0.311 e. The third-order valence-electron chi connectivity index (χ3n) is 13.8. The number of Topliss-reactive ketones (excluding diaryl/α,β-unsaturated/α-hetero) is 1. The van der Waals surface area contributed by atoms with Crippen LogP contribution in [0.15, 0.2) is 24.3 Å². The fraction of sp³-hybridized carbons (Fsp3) is 0.692. The third-order valence-corrected chi connectivity index (χ3v) is 13.8. The highest BCUT2D eigenvalue weighted by Crippen LogP contribution is 2.25. The Labute approximate surface area is 426 Å². The van der Waals surface area contributed by atoms with Crippen LogP contribution < -0.4 is 26.0 Å². The van der Waals surface area contributed by atoms with Gasteiger partial charge in [-0.25, -0.2) is 0 Å². The van der Waals surface area contributed by atoms with Gasteiger partial charge >= 0.3 is 5.97 Å². The molecule has 1 saturated heterocycles. The van der Waals surface area contributed by atoms with Crippen LogP contribution in [0.3, 0.4) is 0 Å². The largest absolute Gasteiger partial charge is 0.497 e. The first kappa shape index (κ1) is 62.0. The number of likely N-dealkylation sites (N-methyl/N-ethyl adjacent to an activating group) is 4. The van der Waals surface area contributed by atoms with Gasteiger partial charge in [0.15, 0.2) is 11.9 Å². The molecule has 1 aliphatic rings. The highest BCUT2D eigenvalue weighted by atomic mass is 16.5. The van der Waals surface area contributed by atoms with Gasteiger partial charge in [0.1, 0.15) is 35.3 Å². The summed E-state index contributed by atoms with van der Waals surface area (Å²) in [5.74, 6) is -8.37. The molecule has 1 fully saturated rings. The first-order valence-corrected chi connectivity index (χ1v) is 25.1. The number of methoxy groups -OCH3 is 1. The Balaban J connectivity index is 2.74. The minimum absolute atomic E-state index is 0.0316. The van der Waals surface area contributed by atoms with E-state index in [0.29, 0.717) is 30.6 Å². The van der Waals surface area contributed by atoms with Crippen molar-refractivity contribution in [3.63, 3.8) is 0 Å². The highest BCUT2D eigenvalue weighted by Gasteiger charge is 2.45. The second kappa shape index (κ2) is 27.7. The van der Waals surface area contributed by atoms with Crippen molar-refractivity contribution in [2.45, 2.75) is 158 Å². The lowest BCUT2D eigenvalue weighted by molar-refractivity contribution is -0.164. The number of rotatable bonds is 10. The standard InChI is InChI=1S/C52H84N8O12/c1-18-20-37-32(8)50(69)72-43(31(7)19-2)48(67)54-27-40(61)58(14)38(25-29(3)4)46(65)53-28-41(62)60(16)42(30(5)6)49(68)59(15)39(26-35-21-23-36(71-17)24-22-35)47(66)55-33(9)44(63)52(11,12)51(70)57(13)34(10)45(64)56-37/h21-24,29-34,37-39,42-43H,18-20,25-28H2,1-17H3,(H,53,65)(H,54,67)(H,55,66)(H,56,64)/t31-,32-,33+,34-,37+,38-,39-,42-,43-/m0/s1. The van der Waals surface area contributed by atoms with E-state index in [9.17, 15) is 47.9 Å². The lowest BCUT2D eigenvalue weighted by Crippen LogP contribution is -2.60. The summed E-state index contributed by atoms with van der Waals surface area (Å²) in [6.07, 6.45) is 0.111. The van der Waals surface area contributed by atoms with Crippen molar-refractivity contribution in [3.05, 3.63) is 29.8 Å². The van der Waals surface area contributed by atoms with Crippen LogP contribution in [0.1, 0.15) is 114 Å². The number of esters is 1. The van der Waals surface area contributed by atoms with Gasteiger partial charge in [0.05, 0.1) is 32.2 Å². The molecule has 0 saturated carbocycles. The fourth-order valence-electron chi connectivity index (χ4n) is 8.58. The third kappa shape index (κ3) is 16.2. The Morgan fingerprint density at radius 1 is 0.708 bits per heavy atom. The van der Waals surface area contributed by atoms with Crippen LogP contribution in [0, 0.1) is 29.1 Å². The minimum Gasteiger partial charge on any atom is -0.497 e. The lowest BCUT2D eigenvalue weighted by Gasteiger charge is -2.37. The van der Waals surface area contributed by atoms with Gasteiger partial charge in [-0.15, -0.1) is 0 Å². The van der Waals surface area contributed by atoms with Gasteiger partial charge in [-0.3, -0.25) is 47.9 Å². The summed E-state index contributed by atoms with van der Waals surface area (Å²) in [5.41, 5.74) is -1.15. The van der Waals surface area contributed by atoms with Gasteiger partial charge in [-0.05, 0) is 83.4 Å². The molecule has 0 unspecified atom stereocenters. The monoisotopic (exact) mass is 1010 g/mol. The van der Waals surface area contributed by atoms with Gasteiger partial charge in [0.25, 0.3) is 5.91 Å². The second-order valence-electron chi connectivity index (χ2n) is 20.5. The average molecular weight is 1010 g/mol. The van der Waals surface area contributed by atoms with Crippen molar-refractivity contribution in [1.29, 1.82) is 0 Å². The quantitative estimate of drug-likeness (QED) is 0.195. The predicted octanol–water partition coefficient (Wildman–Crippen LogP) is 2.49. The van der Waals surface area contributed by atoms with E-state index in [2.05, 4.69) is 21.3 Å². The molecular formula is C52H84N8O12. The van der Waals surface area contributed by atoms with Crippen LogP contribution in [0.4, 0.5) is 0 Å². The van der Waals surface area contributed by atoms with Crippen LogP contribution in [0.2, 0.25) is 0 Å². The first-order chi connectivity index (χ1) is 33.5. The molecule has 72 heavy (non-hydrogen) atoms. The van der Waals surface area contributed by atoms with Crippen molar-refractivity contribution >= 4 is 59.0 Å². The number of nitrogens with zero attached hydrogens (tertiary/aromatic N) is 4. The molecule has 0 aromatic heterocycles. The number of cyclic esters (lactones) is 1. The van der Waals surface area contributed by atoms with E-state index in [1.54, 1.807) is 58.9 Å². The van der Waals surface area contributed by atoms with E-state index >= 15 is 0 Å². The second-order valence-corrected chi connectivity index (χ2v) is 20.5. The molecule has 0 bridgehead atoms. The molecule has 1 aliphatic heterocycles. The SMILES string of the molecule is CCC[C@H]1NC(=O)[C@H](C)N(C)C(=O)C(C)(C)C(=O)[C@@H](C)NC(=O)[C@H](Cc2ccc(OC)cc2)N(C)C(=O)[C@H](C(C)C)N(C)C(=O)CNC(=O)[C@H](CC(C)C)N(C)C(=O)CNC(=O)[C@H]([C@@H](C)CC)OC(=O)[C@H]1C. The summed E-state index contributed by atoms with van der Waals surface area (Å²) < 4.78 is 11.1. The number of ether oxygens (including phenoxy) is 2. The normalized spacial score (nSPS) is 26.5. The molecule has 8 amide bonds. The number of nitrogens with one attached hydrogen (secondary N) is 4. The van der Waals surface area contributed by atoms with Crippen LogP contribution in [0.5, 0.6) is 5.75 Å². The molecule has 1 heterocycles. The van der Waals surface area contributed by atoms with Crippen molar-refractivity contribution in [2.75, 3.05) is 48.4 Å². The molecule has 2 rings (SSSR count). The fourth-order valence-corrected chi connectivity index (χ4v) is 8.58. The van der Waals surface area contributed by atoms with Gasteiger partial charge in [-0.2, -0.15) is 0 Å². The maximum Gasteiger partial charge on any atom is 0.311 e. The molecule has 9 atom stereocenters. The number of hydrogen-bond acceptors (Lipinski definition) is 12. The minimum atomic E-state index is -1.79. The molecule has 0 aliphatic carbocycles. The Morgan fingerprint density at radius 2 is 1.26 bits per heavy atom. The van der Waals surface area contributed by atoms with E-state index in [-0.39, 0.29) is 18.8 Å². The Kier molecular flexibility index (Phi) is 23.8. The number of hydrogen-bond donors (Lipinski definition) is 4. The number of benzene rings is 1. The van der Waals surface area contributed by atoms with Crippen molar-refractivity contribution in [1.82, 2.24) is 40.9 Å². The van der Waals surface area contributed by atoms with Crippen LogP contribution >= 0.6 is 0 Å². The van der Waals surface area contributed by atoms with E-state index in [1.165, 1.54) is 77.7 Å². The van der Waals surface area contributed by atoms with Gasteiger partial charge in [0.2, 0.25) is 41.4 Å². The number of carbonyl (C=O) groups is 10. The predicted molar refractivity (Wildman–Crippen MR) is 271 cm³/mol. The Hall–Kier alpha value is -6.08. The molecule has 1 aromatic rings. The summed E-state index contributed by atoms with van der Waals surface area (Å²) in [5, 5.41) is 10.8. The molecule has 0 spiro atoms. The number of carbonyl (C=O) groups excluding carboxylic acids is 10. The average Bonchev–Trinajstić information content (AvgIpc) is 3.34. The molecule has 4 N–H and O–H groups in total. The molecule has 0 radical (unpaired) electrons. The zero-order valence-electron chi connectivity index (χ0n) is 45.8. The van der Waals surface area contributed by atoms with Crippen molar-refractivity contribution in [3.8, 4) is 5.75 Å². The maximum absolute atomic E-state index is 14.6. The summed E-state index contributed by atoms with van der Waals surface area (Å²) in [4.78, 5) is 145.